The molecule has 2 heterocycles. The summed E-state index contributed by atoms with van der Waals surface area (Å²) in [6.07, 6.45) is 1.06. The molecule has 6 nitrogen and oxygen atoms in total. The number of piperazine rings is 1. The summed E-state index contributed by atoms with van der Waals surface area (Å²) in [4.78, 5) is 31.1. The fourth-order valence-corrected chi connectivity index (χ4v) is 4.03. The molecular weight excluding hydrogens is 330 g/mol. The highest BCUT2D eigenvalue weighted by molar-refractivity contribution is 5.84. The number of nitrogens with zero attached hydrogens (tertiary/aromatic N) is 3. The van der Waals surface area contributed by atoms with Crippen LogP contribution in [-0.4, -0.2) is 74.6 Å². The quantitative estimate of drug-likeness (QED) is 0.818. The molecule has 2 amide bonds. The number of hydrogen-bond donors (Lipinski definition) is 0. The van der Waals surface area contributed by atoms with Crippen LogP contribution in [0, 0.1) is 12.8 Å². The van der Waals surface area contributed by atoms with Crippen molar-refractivity contribution >= 4 is 17.5 Å². The third kappa shape index (κ3) is 3.85. The van der Waals surface area contributed by atoms with Gasteiger partial charge in [0.2, 0.25) is 11.8 Å². The number of aryl methyl sites for hydroxylation is 1. The van der Waals surface area contributed by atoms with Crippen molar-refractivity contribution in [1.29, 1.82) is 0 Å². The second-order valence-electron chi connectivity index (χ2n) is 7.32. The van der Waals surface area contributed by atoms with Gasteiger partial charge in [0, 0.05) is 52.4 Å². The maximum atomic E-state index is 13.1. The molecule has 3 rings (SSSR count). The van der Waals surface area contributed by atoms with E-state index in [0.717, 1.165) is 26.2 Å². The van der Waals surface area contributed by atoms with Crippen LogP contribution in [0.2, 0.25) is 0 Å². The van der Waals surface area contributed by atoms with E-state index in [9.17, 15) is 9.59 Å². The number of methoxy groups -OCH3 is 1. The van der Waals surface area contributed by atoms with Gasteiger partial charge in [0.15, 0.2) is 0 Å². The predicted octanol–water partition coefficient (Wildman–Crippen LogP) is 1.53. The first-order valence-electron chi connectivity index (χ1n) is 9.36. The monoisotopic (exact) mass is 359 g/mol. The van der Waals surface area contributed by atoms with E-state index in [1.165, 1.54) is 11.3 Å². The van der Waals surface area contributed by atoms with Crippen molar-refractivity contribution in [3.05, 3.63) is 29.8 Å². The predicted molar refractivity (Wildman–Crippen MR) is 101 cm³/mol. The molecule has 26 heavy (non-hydrogen) atoms. The number of rotatable bonds is 4. The van der Waals surface area contributed by atoms with E-state index in [1.807, 2.05) is 4.90 Å². The van der Waals surface area contributed by atoms with Crippen molar-refractivity contribution in [3.8, 4) is 0 Å². The lowest BCUT2D eigenvalue weighted by Crippen LogP contribution is -2.57. The van der Waals surface area contributed by atoms with Crippen LogP contribution in [0.3, 0.4) is 0 Å². The zero-order valence-electron chi connectivity index (χ0n) is 16.0. The fraction of sp³-hybridized carbons (Fsp3) is 0.600. The van der Waals surface area contributed by atoms with Gasteiger partial charge in [-0.15, -0.1) is 0 Å². The minimum atomic E-state index is -0.164. The van der Waals surface area contributed by atoms with Crippen molar-refractivity contribution in [2.45, 2.75) is 25.8 Å². The maximum Gasteiger partial charge on any atom is 0.227 e. The van der Waals surface area contributed by atoms with Crippen LogP contribution in [0.15, 0.2) is 24.3 Å². The van der Waals surface area contributed by atoms with Crippen molar-refractivity contribution in [2.75, 3.05) is 51.8 Å². The van der Waals surface area contributed by atoms with E-state index in [1.54, 1.807) is 19.1 Å². The van der Waals surface area contributed by atoms with Crippen molar-refractivity contribution in [3.63, 3.8) is 0 Å². The molecule has 2 saturated heterocycles. The first-order chi connectivity index (χ1) is 12.5. The summed E-state index contributed by atoms with van der Waals surface area (Å²) in [6.45, 7) is 5.63. The van der Waals surface area contributed by atoms with Gasteiger partial charge >= 0.3 is 0 Å². The molecular formula is C20H29N3O3. The Bertz CT molecular complexity index is 655. The Morgan fingerprint density at radius 2 is 1.96 bits per heavy atom. The Hall–Kier alpha value is -2.08. The first kappa shape index (κ1) is 18.7. The summed E-state index contributed by atoms with van der Waals surface area (Å²) in [7, 11) is 3.40. The number of piperidine rings is 1. The molecule has 0 aromatic heterocycles. The van der Waals surface area contributed by atoms with Crippen molar-refractivity contribution < 1.29 is 14.3 Å². The number of amides is 2. The van der Waals surface area contributed by atoms with Crippen LogP contribution in [0.5, 0.6) is 0 Å². The van der Waals surface area contributed by atoms with Crippen LogP contribution in [-0.2, 0) is 14.3 Å². The molecule has 2 aliphatic heterocycles. The minimum absolute atomic E-state index is 0.0976. The molecule has 0 bridgehead atoms. The van der Waals surface area contributed by atoms with E-state index >= 15 is 0 Å². The average Bonchev–Trinajstić information content (AvgIpc) is 2.65. The smallest absolute Gasteiger partial charge is 0.227 e. The number of anilines is 1. The summed E-state index contributed by atoms with van der Waals surface area (Å²) in [5.74, 6) is 0.0961. The van der Waals surface area contributed by atoms with Crippen LogP contribution in [0.25, 0.3) is 0 Å². The van der Waals surface area contributed by atoms with Crippen LogP contribution >= 0.6 is 0 Å². The Morgan fingerprint density at radius 1 is 1.23 bits per heavy atom. The molecule has 1 aromatic carbocycles. The Balaban J connectivity index is 1.63. The van der Waals surface area contributed by atoms with Gasteiger partial charge in [-0.25, -0.2) is 0 Å². The number of benzene rings is 1. The van der Waals surface area contributed by atoms with E-state index in [0.29, 0.717) is 19.4 Å². The highest BCUT2D eigenvalue weighted by Crippen LogP contribution is 2.27. The molecule has 0 aliphatic carbocycles. The van der Waals surface area contributed by atoms with Crippen LogP contribution < -0.4 is 4.90 Å². The number of likely N-dealkylation sites (N-methyl/N-ethyl adjacent to an activating group) is 1. The topological polar surface area (TPSA) is 53.1 Å². The highest BCUT2D eigenvalue weighted by Gasteiger charge is 2.40. The Labute approximate surface area is 155 Å². The molecule has 0 radical (unpaired) electrons. The van der Waals surface area contributed by atoms with Gasteiger partial charge < -0.3 is 19.4 Å². The summed E-state index contributed by atoms with van der Waals surface area (Å²) >= 11 is 0. The summed E-state index contributed by atoms with van der Waals surface area (Å²) in [6, 6.07) is 8.32. The summed E-state index contributed by atoms with van der Waals surface area (Å²) in [5, 5.41) is 0. The molecule has 2 fully saturated rings. The number of carbonyl (C=O) groups excluding carboxylic acids is 2. The van der Waals surface area contributed by atoms with E-state index in [4.69, 9.17) is 4.74 Å². The second-order valence-corrected chi connectivity index (χ2v) is 7.32. The second kappa shape index (κ2) is 8.08. The van der Waals surface area contributed by atoms with Gasteiger partial charge in [0.25, 0.3) is 0 Å². The lowest BCUT2D eigenvalue weighted by molar-refractivity contribution is -0.148. The maximum absolute atomic E-state index is 13.1. The van der Waals surface area contributed by atoms with Gasteiger partial charge in [-0.3, -0.25) is 9.59 Å². The highest BCUT2D eigenvalue weighted by atomic mass is 16.5. The Morgan fingerprint density at radius 3 is 2.62 bits per heavy atom. The molecule has 142 valence electrons. The molecule has 0 N–H and O–H groups in total. The van der Waals surface area contributed by atoms with Gasteiger partial charge in [0.05, 0.1) is 18.6 Å². The van der Waals surface area contributed by atoms with Gasteiger partial charge in [-0.05, 0) is 31.0 Å². The zero-order valence-corrected chi connectivity index (χ0v) is 16.0. The number of likely N-dealkylation sites (tertiary alicyclic amines) is 1. The van der Waals surface area contributed by atoms with Crippen molar-refractivity contribution in [2.24, 2.45) is 5.92 Å². The molecule has 1 aromatic rings. The standard InChI is InChI=1S/C20H29N3O3/c1-15-5-4-6-16(13-15)22-9-11-23(12-10-22)20(25)17-7-8-19(24)21(2)18(17)14-26-3/h4-6,13,17-18H,7-12,14H2,1-3H3/t17-,18-/m1/s1. The van der Waals surface area contributed by atoms with Crippen LogP contribution in [0.1, 0.15) is 18.4 Å². The summed E-state index contributed by atoms with van der Waals surface area (Å²) < 4.78 is 5.28. The molecule has 0 spiro atoms. The Kier molecular flexibility index (Phi) is 5.81. The number of carbonyl (C=O) groups is 2. The lowest BCUT2D eigenvalue weighted by Gasteiger charge is -2.42. The van der Waals surface area contributed by atoms with Gasteiger partial charge in [0.1, 0.15) is 0 Å². The van der Waals surface area contributed by atoms with E-state index in [2.05, 4.69) is 36.1 Å². The SMILES string of the molecule is COC[C@@H]1[C@H](C(=O)N2CCN(c3cccc(C)c3)CC2)CCC(=O)N1C. The first-order valence-corrected chi connectivity index (χ1v) is 9.36. The van der Waals surface area contributed by atoms with Crippen LogP contribution in [0.4, 0.5) is 5.69 Å². The van der Waals surface area contributed by atoms with E-state index in [-0.39, 0.29) is 23.8 Å². The fourth-order valence-electron chi connectivity index (χ4n) is 4.03. The molecule has 2 atom stereocenters. The van der Waals surface area contributed by atoms with E-state index < -0.39 is 0 Å². The molecule has 6 heteroatoms. The van der Waals surface area contributed by atoms with Crippen molar-refractivity contribution in [1.82, 2.24) is 9.80 Å². The largest absolute Gasteiger partial charge is 0.383 e. The lowest BCUT2D eigenvalue weighted by atomic mass is 9.88. The summed E-state index contributed by atoms with van der Waals surface area (Å²) in [5.41, 5.74) is 2.47. The molecule has 0 unspecified atom stereocenters. The van der Waals surface area contributed by atoms with Gasteiger partial charge in [-0.2, -0.15) is 0 Å². The third-order valence-electron chi connectivity index (χ3n) is 5.64. The number of hydrogen-bond acceptors (Lipinski definition) is 4. The van der Waals surface area contributed by atoms with Gasteiger partial charge in [-0.1, -0.05) is 12.1 Å². The zero-order chi connectivity index (χ0) is 18.7. The molecule has 2 aliphatic rings. The molecule has 0 saturated carbocycles. The average molecular weight is 359 g/mol. The third-order valence-corrected chi connectivity index (χ3v) is 5.64. The number of ether oxygens (including phenoxy) is 1. The minimum Gasteiger partial charge on any atom is -0.383 e. The normalized spacial score (nSPS) is 24.1.